The first-order valence-electron chi connectivity index (χ1n) is 11.4. The van der Waals surface area contributed by atoms with Gasteiger partial charge in [0.05, 0.1) is 17.1 Å². The molecule has 1 aliphatic carbocycles. The number of likely N-dealkylation sites (tertiary alicyclic amines) is 1. The SMILES string of the molecule is Cc1c(C(=O)O)ccc2c3n(nc12)C1CC2(C(=O)Nc4ccccc42)N(CC2CC2)C1C3. The summed E-state index contributed by atoms with van der Waals surface area (Å²) >= 11 is 0. The molecule has 2 fully saturated rings. The molecular weight excluding hydrogens is 404 g/mol. The highest BCUT2D eigenvalue weighted by molar-refractivity contribution is 6.06. The first-order valence-corrected chi connectivity index (χ1v) is 11.4. The van der Waals surface area contributed by atoms with E-state index < -0.39 is 11.5 Å². The molecule has 3 aliphatic heterocycles. The number of aryl methyl sites for hydroxylation is 1. The van der Waals surface area contributed by atoms with Gasteiger partial charge in [-0.3, -0.25) is 14.4 Å². The van der Waals surface area contributed by atoms with Crippen molar-refractivity contribution in [3.63, 3.8) is 0 Å². The van der Waals surface area contributed by atoms with Gasteiger partial charge in [-0.05, 0) is 43.4 Å². The summed E-state index contributed by atoms with van der Waals surface area (Å²) in [4.78, 5) is 27.6. The molecule has 7 nitrogen and oxygen atoms in total. The molecule has 1 saturated heterocycles. The number of hydrogen-bond donors (Lipinski definition) is 2. The largest absolute Gasteiger partial charge is 0.478 e. The lowest BCUT2D eigenvalue weighted by atomic mass is 9.87. The summed E-state index contributed by atoms with van der Waals surface area (Å²) in [6.45, 7) is 2.77. The molecule has 3 aromatic rings. The van der Waals surface area contributed by atoms with E-state index in [9.17, 15) is 14.7 Å². The number of carboxylic acids is 1. The van der Waals surface area contributed by atoms with Gasteiger partial charge >= 0.3 is 5.97 Å². The van der Waals surface area contributed by atoms with Gasteiger partial charge in [0.15, 0.2) is 0 Å². The number of anilines is 1. The fourth-order valence-corrected chi connectivity index (χ4v) is 6.46. The van der Waals surface area contributed by atoms with Crippen molar-refractivity contribution >= 4 is 28.5 Å². The molecule has 4 heterocycles. The first kappa shape index (κ1) is 18.4. The molecule has 3 unspecified atom stereocenters. The first-order chi connectivity index (χ1) is 15.5. The molecular formula is C25H24N4O3. The molecule has 32 heavy (non-hydrogen) atoms. The van der Waals surface area contributed by atoms with Crippen molar-refractivity contribution in [2.75, 3.05) is 11.9 Å². The summed E-state index contributed by atoms with van der Waals surface area (Å²) in [6, 6.07) is 12.0. The summed E-state index contributed by atoms with van der Waals surface area (Å²) in [5, 5.41) is 18.6. The number of fused-ring (bicyclic) bond motifs is 7. The predicted molar refractivity (Wildman–Crippen MR) is 119 cm³/mol. The minimum absolute atomic E-state index is 0.0800. The zero-order valence-electron chi connectivity index (χ0n) is 17.8. The average Bonchev–Trinajstić information content (AvgIpc) is 3.18. The Bertz CT molecular complexity index is 1340. The van der Waals surface area contributed by atoms with Gasteiger partial charge in [0.1, 0.15) is 5.54 Å². The van der Waals surface area contributed by atoms with Crippen LogP contribution in [0.5, 0.6) is 0 Å². The number of carbonyl (C=O) groups excluding carboxylic acids is 1. The summed E-state index contributed by atoms with van der Waals surface area (Å²) < 4.78 is 2.11. The third-order valence-electron chi connectivity index (χ3n) is 8.16. The van der Waals surface area contributed by atoms with Crippen LogP contribution in [0.25, 0.3) is 10.9 Å². The maximum Gasteiger partial charge on any atom is 0.336 e. The Labute approximate surface area is 185 Å². The van der Waals surface area contributed by atoms with Gasteiger partial charge in [-0.15, -0.1) is 0 Å². The molecule has 1 aromatic heterocycles. The minimum atomic E-state index is -0.926. The molecule has 0 bridgehead atoms. The van der Waals surface area contributed by atoms with Gasteiger partial charge in [0.2, 0.25) is 5.91 Å². The average molecular weight is 428 g/mol. The van der Waals surface area contributed by atoms with Crippen LogP contribution >= 0.6 is 0 Å². The van der Waals surface area contributed by atoms with E-state index in [0.29, 0.717) is 23.5 Å². The number of amides is 1. The molecule has 4 aliphatic rings. The molecule has 1 spiro atoms. The van der Waals surface area contributed by atoms with Crippen LogP contribution in [-0.2, 0) is 16.8 Å². The van der Waals surface area contributed by atoms with E-state index in [1.54, 1.807) is 6.07 Å². The van der Waals surface area contributed by atoms with Crippen molar-refractivity contribution in [1.29, 1.82) is 0 Å². The van der Waals surface area contributed by atoms with Crippen LogP contribution in [0.4, 0.5) is 5.69 Å². The monoisotopic (exact) mass is 428 g/mol. The quantitative estimate of drug-likeness (QED) is 0.667. The zero-order valence-corrected chi connectivity index (χ0v) is 17.8. The molecule has 7 rings (SSSR count). The van der Waals surface area contributed by atoms with Crippen molar-refractivity contribution in [2.24, 2.45) is 5.92 Å². The van der Waals surface area contributed by atoms with Gasteiger partial charge in [-0.25, -0.2) is 4.79 Å². The van der Waals surface area contributed by atoms with Crippen molar-refractivity contribution in [1.82, 2.24) is 14.7 Å². The van der Waals surface area contributed by atoms with E-state index in [-0.39, 0.29) is 18.0 Å². The Balaban J connectivity index is 1.38. The van der Waals surface area contributed by atoms with Gasteiger partial charge in [0, 0.05) is 47.8 Å². The van der Waals surface area contributed by atoms with Crippen LogP contribution in [0.1, 0.15) is 52.5 Å². The van der Waals surface area contributed by atoms with Crippen LogP contribution < -0.4 is 5.32 Å². The highest BCUT2D eigenvalue weighted by Crippen LogP contribution is 2.57. The Morgan fingerprint density at radius 1 is 1.22 bits per heavy atom. The van der Waals surface area contributed by atoms with Gasteiger partial charge < -0.3 is 10.4 Å². The predicted octanol–water partition coefficient (Wildman–Crippen LogP) is 3.47. The van der Waals surface area contributed by atoms with E-state index in [0.717, 1.165) is 40.8 Å². The Kier molecular flexibility index (Phi) is 3.44. The van der Waals surface area contributed by atoms with Crippen molar-refractivity contribution in [3.8, 4) is 0 Å². The third kappa shape index (κ3) is 2.17. The Hall–Kier alpha value is -3.19. The Morgan fingerprint density at radius 3 is 2.81 bits per heavy atom. The van der Waals surface area contributed by atoms with Gasteiger partial charge in [-0.1, -0.05) is 24.3 Å². The normalized spacial score (nSPS) is 28.2. The minimum Gasteiger partial charge on any atom is -0.478 e. The van der Waals surface area contributed by atoms with E-state index in [4.69, 9.17) is 5.10 Å². The highest BCUT2D eigenvalue weighted by atomic mass is 16.4. The van der Waals surface area contributed by atoms with E-state index in [2.05, 4.69) is 21.0 Å². The topological polar surface area (TPSA) is 87.5 Å². The smallest absolute Gasteiger partial charge is 0.336 e. The number of nitrogens with one attached hydrogen (secondary N) is 1. The molecule has 1 amide bonds. The van der Waals surface area contributed by atoms with Crippen molar-refractivity contribution in [2.45, 2.75) is 50.2 Å². The van der Waals surface area contributed by atoms with Crippen LogP contribution in [0.3, 0.4) is 0 Å². The molecule has 0 radical (unpaired) electrons. The summed E-state index contributed by atoms with van der Waals surface area (Å²) in [7, 11) is 0. The molecule has 162 valence electrons. The number of para-hydroxylation sites is 1. The number of carboxylic acid groups (broad SMARTS) is 1. The molecule has 1 saturated carbocycles. The molecule has 2 N–H and O–H groups in total. The lowest BCUT2D eigenvalue weighted by Gasteiger charge is -2.36. The molecule has 7 heteroatoms. The lowest BCUT2D eigenvalue weighted by Crippen LogP contribution is -2.50. The second-order valence-corrected chi connectivity index (χ2v) is 9.83. The third-order valence-corrected chi connectivity index (χ3v) is 8.16. The number of nitrogens with zero attached hydrogens (tertiary/aromatic N) is 3. The lowest BCUT2D eigenvalue weighted by molar-refractivity contribution is -0.127. The standard InChI is InChI=1S/C25H24N4O3/c1-13-15(23(30)31)8-9-16-19-10-20-21(29(19)27-22(13)16)11-25(28(20)12-14-6-7-14)17-4-2-3-5-18(17)26-24(25)32/h2-5,8-9,14,20-21H,6-7,10-12H2,1H3,(H,26,32)(H,30,31). The number of benzene rings is 2. The van der Waals surface area contributed by atoms with Crippen LogP contribution in [0.15, 0.2) is 36.4 Å². The van der Waals surface area contributed by atoms with Crippen molar-refractivity contribution in [3.05, 3.63) is 58.8 Å². The number of hydrogen-bond acceptors (Lipinski definition) is 4. The number of aromatic carboxylic acids is 1. The summed E-state index contributed by atoms with van der Waals surface area (Å²) in [5.74, 6) is -0.183. The number of rotatable bonds is 3. The maximum absolute atomic E-state index is 13.5. The number of aromatic nitrogens is 2. The van der Waals surface area contributed by atoms with Gasteiger partial charge in [-0.2, -0.15) is 5.10 Å². The Morgan fingerprint density at radius 2 is 2.03 bits per heavy atom. The van der Waals surface area contributed by atoms with Crippen molar-refractivity contribution < 1.29 is 14.7 Å². The number of carbonyl (C=O) groups is 2. The summed E-state index contributed by atoms with van der Waals surface area (Å²) in [5.41, 5.74) is 4.30. The van der Waals surface area contributed by atoms with Crippen LogP contribution in [0.2, 0.25) is 0 Å². The van der Waals surface area contributed by atoms with E-state index >= 15 is 0 Å². The fourth-order valence-electron chi connectivity index (χ4n) is 6.46. The van der Waals surface area contributed by atoms with E-state index in [1.165, 1.54) is 12.8 Å². The molecule has 3 atom stereocenters. The van der Waals surface area contributed by atoms with E-state index in [1.807, 2.05) is 31.2 Å². The van der Waals surface area contributed by atoms with Crippen LogP contribution in [0, 0.1) is 12.8 Å². The second-order valence-electron chi connectivity index (χ2n) is 9.83. The zero-order chi connectivity index (χ0) is 21.8. The molecule has 2 aromatic carbocycles. The summed E-state index contributed by atoms with van der Waals surface area (Å²) in [6.07, 6.45) is 3.99. The highest BCUT2D eigenvalue weighted by Gasteiger charge is 2.63. The second kappa shape index (κ2) is 5.98. The maximum atomic E-state index is 13.5. The fraction of sp³-hybridized carbons (Fsp3) is 0.400. The van der Waals surface area contributed by atoms with Gasteiger partial charge in [0.25, 0.3) is 0 Å². The van der Waals surface area contributed by atoms with Crippen LogP contribution in [-0.4, -0.2) is 44.3 Å².